The Kier molecular flexibility index (Phi) is 5.57. The van der Waals surface area contributed by atoms with Crippen molar-refractivity contribution in [1.29, 1.82) is 0 Å². The lowest BCUT2D eigenvalue weighted by molar-refractivity contribution is -0.385. The molecule has 0 spiro atoms. The molecule has 0 heterocycles. The van der Waals surface area contributed by atoms with Crippen LogP contribution in [0.4, 0.5) is 10.1 Å². The average Bonchev–Trinajstić information content (AvgIpc) is 2.37. The van der Waals surface area contributed by atoms with Gasteiger partial charge in [0, 0.05) is 24.3 Å². The molecular weight excluding hydrogens is 267 g/mol. The molecule has 0 aromatic heterocycles. The van der Waals surface area contributed by atoms with Crippen LogP contribution in [-0.2, 0) is 0 Å². The van der Waals surface area contributed by atoms with Crippen molar-refractivity contribution in [2.24, 2.45) is 5.92 Å². The molecule has 0 bridgehead atoms. The highest BCUT2D eigenvalue weighted by Gasteiger charge is 2.19. The van der Waals surface area contributed by atoms with Crippen molar-refractivity contribution in [1.82, 2.24) is 5.32 Å². The molecule has 1 atom stereocenters. The van der Waals surface area contributed by atoms with Crippen LogP contribution in [0.25, 0.3) is 0 Å². The molecule has 0 aliphatic heterocycles. The predicted octanol–water partition coefficient (Wildman–Crippen LogP) is 1.87. The minimum Gasteiger partial charge on any atom is -0.396 e. The van der Waals surface area contributed by atoms with Crippen LogP contribution in [0.15, 0.2) is 18.2 Å². The number of carbonyl (C=O) groups excluding carboxylic acids is 1. The van der Waals surface area contributed by atoms with Gasteiger partial charge in [0.05, 0.1) is 11.0 Å². The Bertz CT molecular complexity index is 505. The number of amides is 1. The molecule has 7 heteroatoms. The molecule has 110 valence electrons. The summed E-state index contributed by atoms with van der Waals surface area (Å²) in [6.07, 6.45) is 0.362. The Labute approximate surface area is 115 Å². The summed E-state index contributed by atoms with van der Waals surface area (Å²) in [5.41, 5.74) is -0.585. The highest BCUT2D eigenvalue weighted by molar-refractivity contribution is 5.95. The summed E-state index contributed by atoms with van der Waals surface area (Å²) in [7, 11) is 0. The van der Waals surface area contributed by atoms with E-state index in [-0.39, 0.29) is 24.1 Å². The lowest BCUT2D eigenvalue weighted by Gasteiger charge is -2.21. The molecule has 2 N–H and O–H groups in total. The molecule has 0 aliphatic carbocycles. The maximum atomic E-state index is 13.3. The van der Waals surface area contributed by atoms with Crippen molar-refractivity contribution in [2.45, 2.75) is 26.3 Å². The van der Waals surface area contributed by atoms with E-state index in [1.807, 2.05) is 13.8 Å². The SMILES string of the molecule is CC(C)C(CCO)NC(=O)c1cc(F)cc([N+](=O)[O-])c1. The number of nitrogens with one attached hydrogen (secondary N) is 1. The normalized spacial score (nSPS) is 12.2. The van der Waals surface area contributed by atoms with Gasteiger partial charge in [-0.2, -0.15) is 0 Å². The number of nitrogens with zero attached hydrogens (tertiary/aromatic N) is 1. The van der Waals surface area contributed by atoms with Crippen LogP contribution in [0.5, 0.6) is 0 Å². The molecule has 6 nitrogen and oxygen atoms in total. The van der Waals surface area contributed by atoms with Crippen molar-refractivity contribution >= 4 is 11.6 Å². The van der Waals surface area contributed by atoms with Crippen LogP contribution in [0, 0.1) is 21.8 Å². The van der Waals surface area contributed by atoms with Crippen LogP contribution in [0.1, 0.15) is 30.6 Å². The largest absolute Gasteiger partial charge is 0.396 e. The monoisotopic (exact) mass is 284 g/mol. The van der Waals surface area contributed by atoms with Crippen LogP contribution in [0.3, 0.4) is 0 Å². The van der Waals surface area contributed by atoms with E-state index >= 15 is 0 Å². The molecule has 0 aliphatic rings. The van der Waals surface area contributed by atoms with Gasteiger partial charge in [0.25, 0.3) is 11.6 Å². The first-order valence-corrected chi connectivity index (χ1v) is 6.22. The Hall–Kier alpha value is -2.02. The van der Waals surface area contributed by atoms with Gasteiger partial charge in [-0.05, 0) is 18.4 Å². The molecule has 0 saturated heterocycles. The molecule has 1 rings (SSSR count). The lowest BCUT2D eigenvalue weighted by atomic mass is 10.0. The van der Waals surface area contributed by atoms with Gasteiger partial charge < -0.3 is 10.4 Å². The number of nitro groups is 1. The van der Waals surface area contributed by atoms with E-state index in [2.05, 4.69) is 5.32 Å². The summed E-state index contributed by atoms with van der Waals surface area (Å²) in [5, 5.41) is 22.2. The molecule has 0 fully saturated rings. The van der Waals surface area contributed by atoms with E-state index < -0.39 is 22.3 Å². The van der Waals surface area contributed by atoms with Gasteiger partial charge in [0.2, 0.25) is 0 Å². The first-order valence-electron chi connectivity index (χ1n) is 6.22. The number of aliphatic hydroxyl groups excluding tert-OH is 1. The number of rotatable bonds is 6. The van der Waals surface area contributed by atoms with Crippen molar-refractivity contribution < 1.29 is 19.2 Å². The Morgan fingerprint density at radius 2 is 2.10 bits per heavy atom. The fourth-order valence-electron chi connectivity index (χ4n) is 1.77. The smallest absolute Gasteiger partial charge is 0.273 e. The number of nitro benzene ring substituents is 1. The molecule has 0 saturated carbocycles. The number of benzene rings is 1. The van der Waals surface area contributed by atoms with Crippen LogP contribution < -0.4 is 5.32 Å². The maximum Gasteiger partial charge on any atom is 0.273 e. The second kappa shape index (κ2) is 6.95. The zero-order valence-corrected chi connectivity index (χ0v) is 11.3. The van der Waals surface area contributed by atoms with E-state index in [4.69, 9.17) is 5.11 Å². The molecule has 1 aromatic rings. The zero-order valence-electron chi connectivity index (χ0n) is 11.3. The van der Waals surface area contributed by atoms with Crippen molar-refractivity contribution in [2.75, 3.05) is 6.61 Å². The van der Waals surface area contributed by atoms with Crippen LogP contribution in [-0.4, -0.2) is 28.6 Å². The first kappa shape index (κ1) is 16.0. The average molecular weight is 284 g/mol. The molecule has 1 aromatic carbocycles. The second-order valence-corrected chi connectivity index (χ2v) is 4.79. The summed E-state index contributed by atoms with van der Waals surface area (Å²) in [5.74, 6) is -1.36. The fraction of sp³-hybridized carbons (Fsp3) is 0.462. The van der Waals surface area contributed by atoms with Gasteiger partial charge in [0.1, 0.15) is 5.82 Å². The summed E-state index contributed by atoms with van der Waals surface area (Å²) in [6, 6.07) is 2.44. The summed E-state index contributed by atoms with van der Waals surface area (Å²) >= 11 is 0. The van der Waals surface area contributed by atoms with Gasteiger partial charge in [-0.25, -0.2) is 4.39 Å². The second-order valence-electron chi connectivity index (χ2n) is 4.79. The Morgan fingerprint density at radius 1 is 1.45 bits per heavy atom. The van der Waals surface area contributed by atoms with Gasteiger partial charge in [0.15, 0.2) is 0 Å². The van der Waals surface area contributed by atoms with E-state index in [0.29, 0.717) is 6.42 Å². The third kappa shape index (κ3) is 4.27. The van der Waals surface area contributed by atoms with E-state index in [1.54, 1.807) is 0 Å². The standard InChI is InChI=1S/C13H17FN2O4/c1-8(2)12(3-4-17)15-13(18)9-5-10(14)7-11(6-9)16(19)20/h5-8,12,17H,3-4H2,1-2H3,(H,15,18). The summed E-state index contributed by atoms with van der Waals surface area (Å²) in [4.78, 5) is 21.9. The zero-order chi connectivity index (χ0) is 15.3. The number of hydrogen-bond donors (Lipinski definition) is 2. The van der Waals surface area contributed by atoms with Gasteiger partial charge in [-0.1, -0.05) is 13.8 Å². The van der Waals surface area contributed by atoms with Gasteiger partial charge in [-0.15, -0.1) is 0 Å². The van der Waals surface area contributed by atoms with Crippen molar-refractivity contribution in [3.63, 3.8) is 0 Å². The fourth-order valence-corrected chi connectivity index (χ4v) is 1.77. The van der Waals surface area contributed by atoms with E-state index in [9.17, 15) is 19.3 Å². The molecular formula is C13H17FN2O4. The Balaban J connectivity index is 2.94. The number of carbonyl (C=O) groups is 1. The number of hydrogen-bond acceptors (Lipinski definition) is 4. The van der Waals surface area contributed by atoms with E-state index in [0.717, 1.165) is 18.2 Å². The summed E-state index contributed by atoms with van der Waals surface area (Å²) < 4.78 is 13.3. The van der Waals surface area contributed by atoms with Crippen LogP contribution in [0.2, 0.25) is 0 Å². The maximum absolute atomic E-state index is 13.3. The van der Waals surface area contributed by atoms with Gasteiger partial charge in [-0.3, -0.25) is 14.9 Å². The van der Waals surface area contributed by atoms with Crippen molar-refractivity contribution in [3.8, 4) is 0 Å². The Morgan fingerprint density at radius 3 is 2.60 bits per heavy atom. The first-order chi connectivity index (χ1) is 9.35. The molecule has 1 amide bonds. The quantitative estimate of drug-likeness (QED) is 0.616. The lowest BCUT2D eigenvalue weighted by Crippen LogP contribution is -2.39. The van der Waals surface area contributed by atoms with Gasteiger partial charge >= 0.3 is 0 Å². The van der Waals surface area contributed by atoms with E-state index in [1.165, 1.54) is 0 Å². The highest BCUT2D eigenvalue weighted by atomic mass is 19.1. The topological polar surface area (TPSA) is 92.5 Å². The highest BCUT2D eigenvalue weighted by Crippen LogP contribution is 2.17. The number of halogens is 1. The number of aliphatic hydroxyl groups is 1. The predicted molar refractivity (Wildman–Crippen MR) is 70.8 cm³/mol. The third-order valence-corrected chi connectivity index (χ3v) is 2.92. The summed E-state index contributed by atoms with van der Waals surface area (Å²) in [6.45, 7) is 3.65. The minimum absolute atomic E-state index is 0.0784. The minimum atomic E-state index is -0.840. The molecule has 0 radical (unpaired) electrons. The molecule has 1 unspecified atom stereocenters. The molecule has 20 heavy (non-hydrogen) atoms. The third-order valence-electron chi connectivity index (χ3n) is 2.92. The van der Waals surface area contributed by atoms with Crippen LogP contribution >= 0.6 is 0 Å². The number of non-ortho nitro benzene ring substituents is 1. The van der Waals surface area contributed by atoms with Crippen molar-refractivity contribution in [3.05, 3.63) is 39.7 Å².